The molecule has 0 aliphatic carbocycles. The van der Waals surface area contributed by atoms with Crippen molar-refractivity contribution >= 4 is 28.5 Å². The van der Waals surface area contributed by atoms with Gasteiger partial charge in [-0.2, -0.15) is 0 Å². The van der Waals surface area contributed by atoms with Crippen molar-refractivity contribution in [2.24, 2.45) is 7.05 Å². The minimum atomic E-state index is -0.164. The van der Waals surface area contributed by atoms with Gasteiger partial charge in [-0.25, -0.2) is 4.79 Å². The number of para-hydroxylation sites is 2. The minimum Gasteiger partial charge on any atom is -0.492 e. The normalized spacial score (nSPS) is 14.9. The summed E-state index contributed by atoms with van der Waals surface area (Å²) in [7, 11) is 1.73. The molecule has 0 radical (unpaired) electrons. The summed E-state index contributed by atoms with van der Waals surface area (Å²) < 4.78 is 8.90. The van der Waals surface area contributed by atoms with Crippen LogP contribution in [-0.4, -0.2) is 64.2 Å². The van der Waals surface area contributed by atoms with Crippen LogP contribution in [0, 0.1) is 0 Å². The van der Waals surface area contributed by atoms with Gasteiger partial charge >= 0.3 is 5.69 Å². The summed E-state index contributed by atoms with van der Waals surface area (Å²) in [6, 6.07) is 14.9. The Morgan fingerprint density at radius 1 is 1.00 bits per heavy atom. The van der Waals surface area contributed by atoms with Gasteiger partial charge in [0.25, 0.3) is 0 Å². The average Bonchev–Trinajstić information content (AvgIpc) is 3.01. The Morgan fingerprint density at radius 2 is 1.67 bits per heavy atom. The summed E-state index contributed by atoms with van der Waals surface area (Å²) in [4.78, 5) is 29.5. The van der Waals surface area contributed by atoms with E-state index in [1.54, 1.807) is 16.2 Å². The molecule has 2 aromatic carbocycles. The first-order chi connectivity index (χ1) is 14.5. The molecule has 0 N–H and O–H groups in total. The number of imidazole rings is 1. The number of aromatic nitrogens is 2. The molecule has 1 aliphatic heterocycles. The molecule has 1 fully saturated rings. The SMILES string of the molecule is Cn1c(=O)n(CC(=O)N2CCN(CCOc3ccc(Cl)cc3)CC2)c2ccccc21. The van der Waals surface area contributed by atoms with E-state index >= 15 is 0 Å². The highest BCUT2D eigenvalue weighted by Crippen LogP contribution is 2.16. The zero-order chi connectivity index (χ0) is 21.1. The molecule has 0 unspecified atom stereocenters. The number of aryl methyl sites for hydroxylation is 1. The van der Waals surface area contributed by atoms with Crippen LogP contribution in [0.4, 0.5) is 0 Å². The molecule has 0 spiro atoms. The van der Waals surface area contributed by atoms with Gasteiger partial charge < -0.3 is 9.64 Å². The van der Waals surface area contributed by atoms with Crippen LogP contribution in [-0.2, 0) is 18.4 Å². The lowest BCUT2D eigenvalue weighted by atomic mass is 10.3. The van der Waals surface area contributed by atoms with E-state index < -0.39 is 0 Å². The molecule has 3 aromatic rings. The number of amides is 1. The smallest absolute Gasteiger partial charge is 0.329 e. The third kappa shape index (κ3) is 4.37. The summed E-state index contributed by atoms with van der Waals surface area (Å²) in [5, 5.41) is 0.689. The largest absolute Gasteiger partial charge is 0.492 e. The number of rotatable bonds is 6. The van der Waals surface area contributed by atoms with Crippen molar-refractivity contribution < 1.29 is 9.53 Å². The van der Waals surface area contributed by atoms with Crippen molar-refractivity contribution in [2.75, 3.05) is 39.3 Å². The van der Waals surface area contributed by atoms with Gasteiger partial charge in [-0.1, -0.05) is 23.7 Å². The maximum atomic E-state index is 12.8. The van der Waals surface area contributed by atoms with Crippen molar-refractivity contribution in [1.82, 2.24) is 18.9 Å². The van der Waals surface area contributed by atoms with Crippen molar-refractivity contribution in [2.45, 2.75) is 6.54 Å². The zero-order valence-electron chi connectivity index (χ0n) is 17.0. The van der Waals surface area contributed by atoms with Crippen molar-refractivity contribution in [3.8, 4) is 5.75 Å². The van der Waals surface area contributed by atoms with Gasteiger partial charge in [0.1, 0.15) is 18.9 Å². The topological polar surface area (TPSA) is 59.7 Å². The Balaban J connectivity index is 1.28. The second kappa shape index (κ2) is 8.93. The molecule has 8 heteroatoms. The quantitative estimate of drug-likeness (QED) is 0.604. The fraction of sp³-hybridized carbons (Fsp3) is 0.364. The molecule has 158 valence electrons. The number of carbonyl (C=O) groups is 1. The van der Waals surface area contributed by atoms with Crippen LogP contribution in [0.5, 0.6) is 5.75 Å². The Hall–Kier alpha value is -2.77. The first kappa shape index (κ1) is 20.5. The summed E-state index contributed by atoms with van der Waals surface area (Å²) in [5.41, 5.74) is 1.46. The van der Waals surface area contributed by atoms with E-state index in [1.807, 2.05) is 53.4 Å². The van der Waals surface area contributed by atoms with E-state index in [0.29, 0.717) is 24.7 Å². The van der Waals surface area contributed by atoms with Crippen LogP contribution < -0.4 is 10.4 Å². The van der Waals surface area contributed by atoms with E-state index in [1.165, 1.54) is 0 Å². The van der Waals surface area contributed by atoms with Crippen LogP contribution in [0.3, 0.4) is 0 Å². The molecule has 7 nitrogen and oxygen atoms in total. The predicted octanol–water partition coefficient (Wildman–Crippen LogP) is 2.22. The average molecular weight is 429 g/mol. The molecule has 30 heavy (non-hydrogen) atoms. The monoisotopic (exact) mass is 428 g/mol. The standard InChI is InChI=1S/C22H25ClN4O3/c1-24-19-4-2-3-5-20(19)27(22(24)29)16-21(28)26-12-10-25(11-13-26)14-15-30-18-8-6-17(23)7-9-18/h2-9H,10-16H2,1H3. The van der Waals surface area contributed by atoms with Crippen LogP contribution in [0.2, 0.25) is 5.02 Å². The van der Waals surface area contributed by atoms with Crippen LogP contribution >= 0.6 is 11.6 Å². The molecule has 1 saturated heterocycles. The van der Waals surface area contributed by atoms with Crippen LogP contribution in [0.1, 0.15) is 0 Å². The highest BCUT2D eigenvalue weighted by atomic mass is 35.5. The number of fused-ring (bicyclic) bond motifs is 1. The number of carbonyl (C=O) groups excluding carboxylic acids is 1. The highest BCUT2D eigenvalue weighted by Gasteiger charge is 2.22. The summed E-state index contributed by atoms with van der Waals surface area (Å²) >= 11 is 5.88. The van der Waals surface area contributed by atoms with Crippen molar-refractivity contribution in [1.29, 1.82) is 0 Å². The molecule has 1 amide bonds. The number of hydrogen-bond donors (Lipinski definition) is 0. The van der Waals surface area contributed by atoms with E-state index in [4.69, 9.17) is 16.3 Å². The Morgan fingerprint density at radius 3 is 2.37 bits per heavy atom. The van der Waals surface area contributed by atoms with E-state index in [0.717, 1.165) is 36.4 Å². The van der Waals surface area contributed by atoms with Gasteiger partial charge in [0, 0.05) is 44.8 Å². The number of nitrogens with zero attached hydrogens (tertiary/aromatic N) is 4. The van der Waals surface area contributed by atoms with Gasteiger partial charge in [-0.15, -0.1) is 0 Å². The van der Waals surface area contributed by atoms with Gasteiger partial charge in [0.15, 0.2) is 0 Å². The molecule has 4 rings (SSSR count). The zero-order valence-corrected chi connectivity index (χ0v) is 17.7. The summed E-state index contributed by atoms with van der Waals surface area (Å²) in [6.45, 7) is 4.34. The number of benzene rings is 2. The molecule has 0 atom stereocenters. The minimum absolute atomic E-state index is 0.0227. The number of hydrogen-bond acceptors (Lipinski definition) is 4. The van der Waals surface area contributed by atoms with Crippen LogP contribution in [0.15, 0.2) is 53.3 Å². The molecule has 1 aliphatic rings. The van der Waals surface area contributed by atoms with E-state index in [-0.39, 0.29) is 18.1 Å². The number of piperazine rings is 1. The molecular weight excluding hydrogens is 404 g/mol. The Labute approximate surface area is 180 Å². The lowest BCUT2D eigenvalue weighted by Gasteiger charge is -2.34. The van der Waals surface area contributed by atoms with Gasteiger partial charge in [0.05, 0.1) is 11.0 Å². The lowest BCUT2D eigenvalue weighted by Crippen LogP contribution is -2.50. The fourth-order valence-electron chi connectivity index (χ4n) is 3.80. The van der Waals surface area contributed by atoms with Crippen LogP contribution in [0.25, 0.3) is 11.0 Å². The molecule has 2 heterocycles. The molecule has 0 saturated carbocycles. The van der Waals surface area contributed by atoms with Gasteiger partial charge in [-0.05, 0) is 36.4 Å². The van der Waals surface area contributed by atoms with Gasteiger partial charge in [-0.3, -0.25) is 18.8 Å². The highest BCUT2D eigenvalue weighted by molar-refractivity contribution is 6.30. The second-order valence-corrected chi connectivity index (χ2v) is 7.88. The summed E-state index contributed by atoms with van der Waals surface area (Å²) in [6.07, 6.45) is 0. The number of ether oxygens (including phenoxy) is 1. The third-order valence-corrected chi connectivity index (χ3v) is 5.81. The first-order valence-electron chi connectivity index (χ1n) is 10.1. The van der Waals surface area contributed by atoms with E-state index in [2.05, 4.69) is 4.90 Å². The molecule has 0 bridgehead atoms. The number of halogens is 1. The second-order valence-electron chi connectivity index (χ2n) is 7.44. The van der Waals surface area contributed by atoms with Crippen molar-refractivity contribution in [3.05, 3.63) is 64.0 Å². The molecule has 1 aromatic heterocycles. The fourth-order valence-corrected chi connectivity index (χ4v) is 3.92. The maximum Gasteiger partial charge on any atom is 0.329 e. The Kier molecular flexibility index (Phi) is 6.11. The van der Waals surface area contributed by atoms with Gasteiger partial charge in [0.2, 0.25) is 5.91 Å². The third-order valence-electron chi connectivity index (χ3n) is 5.56. The maximum absolute atomic E-state index is 12.8. The lowest BCUT2D eigenvalue weighted by molar-refractivity contribution is -0.133. The Bertz CT molecular complexity index is 1080. The van der Waals surface area contributed by atoms with E-state index in [9.17, 15) is 9.59 Å². The predicted molar refractivity (Wildman–Crippen MR) is 117 cm³/mol. The van der Waals surface area contributed by atoms with Crippen molar-refractivity contribution in [3.63, 3.8) is 0 Å². The first-order valence-corrected chi connectivity index (χ1v) is 10.4. The summed E-state index contributed by atoms with van der Waals surface area (Å²) in [5.74, 6) is 0.777. The molecular formula is C22H25ClN4O3.